The number of nitrogens with one attached hydrogen (secondary N) is 1. The SMILES string of the molecule is Cc1ccc2nc([C@@H]3CCCN3C(=O)[C@@H]3C[C@@H]3[N+](=O)[O-])[nH]c2c1. The summed E-state index contributed by atoms with van der Waals surface area (Å²) >= 11 is 0. The second kappa shape index (κ2) is 5.04. The molecule has 1 N–H and O–H groups in total. The van der Waals surface area contributed by atoms with Crippen molar-refractivity contribution in [2.75, 3.05) is 6.54 Å². The summed E-state index contributed by atoms with van der Waals surface area (Å²) in [5.41, 5.74) is 3.01. The molecule has 2 fully saturated rings. The smallest absolute Gasteiger partial charge is 0.233 e. The van der Waals surface area contributed by atoms with Gasteiger partial charge in [0.1, 0.15) is 11.7 Å². The maximum absolute atomic E-state index is 12.6. The van der Waals surface area contributed by atoms with Crippen molar-refractivity contribution in [3.8, 4) is 0 Å². The van der Waals surface area contributed by atoms with Crippen molar-refractivity contribution in [2.45, 2.75) is 38.3 Å². The Balaban J connectivity index is 1.59. The van der Waals surface area contributed by atoms with Gasteiger partial charge >= 0.3 is 0 Å². The van der Waals surface area contributed by atoms with Gasteiger partial charge in [0, 0.05) is 17.9 Å². The lowest BCUT2D eigenvalue weighted by molar-refractivity contribution is -0.497. The van der Waals surface area contributed by atoms with Gasteiger partial charge in [-0.15, -0.1) is 0 Å². The Labute approximate surface area is 132 Å². The van der Waals surface area contributed by atoms with Gasteiger partial charge in [-0.05, 0) is 37.5 Å². The number of nitrogens with zero attached hydrogens (tertiary/aromatic N) is 3. The number of H-pyrrole nitrogens is 1. The van der Waals surface area contributed by atoms with E-state index in [9.17, 15) is 14.9 Å². The highest BCUT2D eigenvalue weighted by Gasteiger charge is 2.55. The number of hydrogen-bond acceptors (Lipinski definition) is 4. The molecule has 7 heteroatoms. The van der Waals surface area contributed by atoms with Crippen molar-refractivity contribution in [1.29, 1.82) is 0 Å². The standard InChI is InChI=1S/C16H18N4O3/c1-9-4-5-11-12(7-9)18-15(17-11)13-3-2-6-19(13)16(21)10-8-14(10)20(22)23/h4-5,7,10,13-14H,2-3,6,8H2,1H3,(H,17,18)/t10-,13+,14+/m1/s1. The number of fused-ring (bicyclic) bond motifs is 1. The molecule has 120 valence electrons. The van der Waals surface area contributed by atoms with Crippen LogP contribution >= 0.6 is 0 Å². The Hall–Kier alpha value is -2.44. The van der Waals surface area contributed by atoms with Crippen LogP contribution in [0.15, 0.2) is 18.2 Å². The third-order valence-corrected chi connectivity index (χ3v) is 4.85. The normalized spacial score (nSPS) is 26.7. The van der Waals surface area contributed by atoms with Crippen LogP contribution in [0.2, 0.25) is 0 Å². The highest BCUT2D eigenvalue weighted by atomic mass is 16.6. The zero-order valence-electron chi connectivity index (χ0n) is 12.9. The lowest BCUT2D eigenvalue weighted by Crippen LogP contribution is -2.33. The van der Waals surface area contributed by atoms with E-state index < -0.39 is 12.0 Å². The molecule has 2 heterocycles. The fourth-order valence-corrected chi connectivity index (χ4v) is 3.51. The van der Waals surface area contributed by atoms with E-state index in [1.54, 1.807) is 4.90 Å². The molecule has 1 amide bonds. The number of nitro groups is 1. The second-order valence-corrected chi connectivity index (χ2v) is 6.53. The van der Waals surface area contributed by atoms with Gasteiger partial charge in [0.25, 0.3) is 0 Å². The number of likely N-dealkylation sites (tertiary alicyclic amines) is 1. The second-order valence-electron chi connectivity index (χ2n) is 6.53. The van der Waals surface area contributed by atoms with Crippen LogP contribution in [0.4, 0.5) is 0 Å². The van der Waals surface area contributed by atoms with E-state index >= 15 is 0 Å². The number of carbonyl (C=O) groups excluding carboxylic acids is 1. The van der Waals surface area contributed by atoms with Gasteiger partial charge in [0.05, 0.1) is 17.1 Å². The Kier molecular flexibility index (Phi) is 3.11. The molecule has 0 spiro atoms. The number of amides is 1. The Morgan fingerprint density at radius 3 is 3.04 bits per heavy atom. The van der Waals surface area contributed by atoms with Gasteiger partial charge in [-0.1, -0.05) is 6.07 Å². The summed E-state index contributed by atoms with van der Waals surface area (Å²) in [7, 11) is 0. The van der Waals surface area contributed by atoms with Crippen LogP contribution in [0.5, 0.6) is 0 Å². The maximum atomic E-state index is 12.6. The van der Waals surface area contributed by atoms with E-state index in [0.717, 1.165) is 35.3 Å². The number of carbonyl (C=O) groups is 1. The van der Waals surface area contributed by atoms with Crippen LogP contribution in [0.3, 0.4) is 0 Å². The molecule has 7 nitrogen and oxygen atoms in total. The maximum Gasteiger partial charge on any atom is 0.233 e. The number of aryl methyl sites for hydroxylation is 1. The van der Waals surface area contributed by atoms with Crippen LogP contribution in [0.25, 0.3) is 11.0 Å². The lowest BCUT2D eigenvalue weighted by Gasteiger charge is -2.22. The number of aromatic amines is 1. The van der Waals surface area contributed by atoms with Crippen LogP contribution in [-0.4, -0.2) is 38.3 Å². The first-order valence-electron chi connectivity index (χ1n) is 7.95. The van der Waals surface area contributed by atoms with Crippen molar-refractivity contribution < 1.29 is 9.72 Å². The molecular formula is C16H18N4O3. The summed E-state index contributed by atoms with van der Waals surface area (Å²) in [6.45, 7) is 2.68. The molecule has 3 atom stereocenters. The molecule has 1 aliphatic heterocycles. The highest BCUT2D eigenvalue weighted by molar-refractivity contribution is 5.83. The summed E-state index contributed by atoms with van der Waals surface area (Å²) in [6, 6.07) is 5.23. The first kappa shape index (κ1) is 14.2. The van der Waals surface area contributed by atoms with Crippen molar-refractivity contribution in [3.05, 3.63) is 39.7 Å². The van der Waals surface area contributed by atoms with Crippen molar-refractivity contribution in [2.24, 2.45) is 5.92 Å². The third-order valence-electron chi connectivity index (χ3n) is 4.85. The number of imidazole rings is 1. The fourth-order valence-electron chi connectivity index (χ4n) is 3.51. The first-order chi connectivity index (χ1) is 11.0. The molecule has 0 radical (unpaired) electrons. The topological polar surface area (TPSA) is 92.1 Å². The molecule has 1 aliphatic carbocycles. The third kappa shape index (κ3) is 2.36. The van der Waals surface area contributed by atoms with Crippen LogP contribution in [0.1, 0.15) is 36.7 Å². The highest BCUT2D eigenvalue weighted by Crippen LogP contribution is 2.40. The van der Waals surface area contributed by atoms with Crippen LogP contribution < -0.4 is 0 Å². The lowest BCUT2D eigenvalue weighted by atomic mass is 10.2. The van der Waals surface area contributed by atoms with Crippen molar-refractivity contribution >= 4 is 16.9 Å². The van der Waals surface area contributed by atoms with Gasteiger partial charge in [0.15, 0.2) is 0 Å². The number of aromatic nitrogens is 2. The van der Waals surface area contributed by atoms with E-state index in [2.05, 4.69) is 9.97 Å². The molecule has 2 aromatic rings. The first-order valence-corrected chi connectivity index (χ1v) is 7.95. The van der Waals surface area contributed by atoms with E-state index in [1.165, 1.54) is 0 Å². The van der Waals surface area contributed by atoms with E-state index in [4.69, 9.17) is 0 Å². The molecule has 1 aromatic carbocycles. The summed E-state index contributed by atoms with van der Waals surface area (Å²) in [5.74, 6) is 0.248. The van der Waals surface area contributed by atoms with Crippen LogP contribution in [0, 0.1) is 23.0 Å². The average Bonchev–Trinajstić information content (AvgIpc) is 2.99. The predicted molar refractivity (Wildman–Crippen MR) is 83.4 cm³/mol. The molecule has 1 saturated carbocycles. The van der Waals surface area contributed by atoms with Crippen molar-refractivity contribution in [1.82, 2.24) is 14.9 Å². The average molecular weight is 314 g/mol. The quantitative estimate of drug-likeness (QED) is 0.694. The largest absolute Gasteiger partial charge is 0.340 e. The molecule has 2 aliphatic rings. The molecule has 0 bridgehead atoms. The molecule has 0 unspecified atom stereocenters. The van der Waals surface area contributed by atoms with Crippen LogP contribution in [-0.2, 0) is 4.79 Å². The van der Waals surface area contributed by atoms with E-state index in [1.807, 2.05) is 25.1 Å². The van der Waals surface area contributed by atoms with E-state index in [-0.39, 0.29) is 16.9 Å². The van der Waals surface area contributed by atoms with Gasteiger partial charge < -0.3 is 9.88 Å². The number of rotatable bonds is 3. The number of hydrogen-bond donors (Lipinski definition) is 1. The zero-order chi connectivity index (χ0) is 16.1. The Morgan fingerprint density at radius 2 is 2.30 bits per heavy atom. The Morgan fingerprint density at radius 1 is 1.48 bits per heavy atom. The Bertz CT molecular complexity index is 800. The van der Waals surface area contributed by atoms with Crippen molar-refractivity contribution in [3.63, 3.8) is 0 Å². The van der Waals surface area contributed by atoms with E-state index in [0.29, 0.717) is 13.0 Å². The zero-order valence-corrected chi connectivity index (χ0v) is 12.9. The van der Waals surface area contributed by atoms with Gasteiger partial charge in [0.2, 0.25) is 11.9 Å². The molecular weight excluding hydrogens is 296 g/mol. The monoisotopic (exact) mass is 314 g/mol. The summed E-state index contributed by atoms with van der Waals surface area (Å²) in [4.78, 5) is 32.7. The number of benzene rings is 1. The minimum absolute atomic E-state index is 0.0918. The summed E-state index contributed by atoms with van der Waals surface area (Å²) < 4.78 is 0. The molecule has 4 rings (SSSR count). The minimum Gasteiger partial charge on any atom is -0.340 e. The van der Waals surface area contributed by atoms with Gasteiger partial charge in [-0.2, -0.15) is 0 Å². The molecule has 1 aromatic heterocycles. The summed E-state index contributed by atoms with van der Waals surface area (Å²) in [6.07, 6.45) is 2.12. The molecule has 23 heavy (non-hydrogen) atoms. The van der Waals surface area contributed by atoms with Gasteiger partial charge in [-0.3, -0.25) is 14.9 Å². The van der Waals surface area contributed by atoms with Gasteiger partial charge in [-0.25, -0.2) is 4.98 Å². The minimum atomic E-state index is -0.693. The summed E-state index contributed by atoms with van der Waals surface area (Å²) in [5, 5.41) is 10.8. The fraction of sp³-hybridized carbons (Fsp3) is 0.500. The molecule has 1 saturated heterocycles. The predicted octanol–water partition coefficient (Wildman–Crippen LogP) is 2.20.